The minimum absolute atomic E-state index is 0.00284. The van der Waals surface area contributed by atoms with Gasteiger partial charge in [0.2, 0.25) is 11.7 Å². The molecule has 9 heteroatoms. The summed E-state index contributed by atoms with van der Waals surface area (Å²) in [7, 11) is 0. The van der Waals surface area contributed by atoms with E-state index in [2.05, 4.69) is 44.8 Å². The Morgan fingerprint density at radius 2 is 1.49 bits per heavy atom. The van der Waals surface area contributed by atoms with Gasteiger partial charge in [-0.2, -0.15) is 0 Å². The summed E-state index contributed by atoms with van der Waals surface area (Å²) in [4.78, 5) is 72.6. The molecule has 49 heavy (non-hydrogen) atoms. The lowest BCUT2D eigenvalue weighted by atomic mass is 9.73. The fraction of sp³-hybridized carbons (Fsp3) is 0.875. The van der Waals surface area contributed by atoms with Crippen molar-refractivity contribution < 1.29 is 24.0 Å². The Kier molecular flexibility index (Phi) is 10.7. The summed E-state index contributed by atoms with van der Waals surface area (Å²) in [6, 6.07) is -0.661. The highest BCUT2D eigenvalue weighted by atomic mass is 16.2. The highest BCUT2D eigenvalue weighted by Crippen LogP contribution is 2.88. The lowest BCUT2D eigenvalue weighted by molar-refractivity contribution is -0.147. The molecule has 2 heterocycles. The Morgan fingerprint density at radius 3 is 1.96 bits per heavy atom. The maximum Gasteiger partial charge on any atom is 0.285 e. The van der Waals surface area contributed by atoms with Gasteiger partial charge in [0.25, 0.3) is 5.91 Å². The molecule has 0 aromatic heterocycles. The predicted molar refractivity (Wildman–Crippen MR) is 191 cm³/mol. The SMILES string of the molecule is CC(C)(C)[C@H](CC(=O)C[C@H](C(=O)N1C[C@]2(C[C@H]1C(=O)CC(CC1CCC1)C(=O)C(N)=O)C(C)(C)C21CCC1)C(C)(C)C)CN1CCNCC1. The lowest BCUT2D eigenvalue weighted by Crippen LogP contribution is -2.48. The second-order valence-electron chi connectivity index (χ2n) is 19.4. The standard InChI is InChI=1S/C40H66N4O5/c1-36(2,3)28(24-43-17-15-42-16-18-43)21-29(45)22-30(37(4,5)6)35(49)44-25-40(38(7,8)39(40)13-10-14-39)23-31(44)32(46)20-27(33(47)34(41)48)19-26-11-9-12-26/h26-28,30-31,42H,9-25H2,1-8H3,(H2,41,48)/t27?,28-,30-,31+,40-/m1/s1. The first-order valence-electron chi connectivity index (χ1n) is 19.4. The molecule has 1 unspecified atom stereocenters. The van der Waals surface area contributed by atoms with Crippen molar-refractivity contribution in [2.45, 2.75) is 132 Å². The van der Waals surface area contributed by atoms with Crippen molar-refractivity contribution in [2.24, 2.45) is 56.5 Å². The van der Waals surface area contributed by atoms with Crippen molar-refractivity contribution in [1.82, 2.24) is 15.1 Å². The Bertz CT molecular complexity index is 1300. The van der Waals surface area contributed by atoms with Gasteiger partial charge in [-0.15, -0.1) is 0 Å². The van der Waals surface area contributed by atoms with Crippen LogP contribution in [0.15, 0.2) is 0 Å². The molecule has 2 amide bonds. The molecule has 3 aliphatic carbocycles. The number of carbonyl (C=O) groups is 5. The molecule has 0 radical (unpaired) electrons. The third kappa shape index (κ3) is 7.18. The van der Waals surface area contributed by atoms with E-state index in [0.29, 0.717) is 31.7 Å². The first-order valence-corrected chi connectivity index (χ1v) is 19.4. The van der Waals surface area contributed by atoms with E-state index >= 15 is 0 Å². The predicted octanol–water partition coefficient (Wildman–Crippen LogP) is 5.18. The number of primary amides is 1. The second kappa shape index (κ2) is 13.8. The van der Waals surface area contributed by atoms with E-state index in [1.54, 1.807) is 0 Å². The Hall–Kier alpha value is -2.13. The molecule has 5 atom stereocenters. The zero-order valence-corrected chi connectivity index (χ0v) is 31.9. The average molecular weight is 683 g/mol. The number of nitrogens with one attached hydrogen (secondary N) is 1. The maximum atomic E-state index is 14.9. The first-order chi connectivity index (χ1) is 22.7. The number of amides is 2. The molecule has 5 aliphatic rings. The van der Waals surface area contributed by atoms with Crippen LogP contribution in [0.2, 0.25) is 0 Å². The van der Waals surface area contributed by atoms with E-state index in [1.165, 1.54) is 0 Å². The number of fused-ring (bicyclic) bond motifs is 1. The zero-order chi connectivity index (χ0) is 36.2. The number of likely N-dealkylation sites (tertiary alicyclic amines) is 1. The smallest absolute Gasteiger partial charge is 0.285 e. The van der Waals surface area contributed by atoms with Gasteiger partial charge in [-0.05, 0) is 59.2 Å². The lowest BCUT2D eigenvalue weighted by Gasteiger charge is -2.38. The van der Waals surface area contributed by atoms with Gasteiger partial charge >= 0.3 is 0 Å². The van der Waals surface area contributed by atoms with Crippen molar-refractivity contribution in [1.29, 1.82) is 0 Å². The van der Waals surface area contributed by atoms with E-state index in [9.17, 15) is 24.0 Å². The molecule has 5 rings (SSSR count). The van der Waals surface area contributed by atoms with Crippen LogP contribution in [0, 0.1) is 50.7 Å². The Morgan fingerprint density at radius 1 is 0.857 bits per heavy atom. The van der Waals surface area contributed by atoms with E-state index < -0.39 is 35.0 Å². The van der Waals surface area contributed by atoms with Crippen LogP contribution in [0.25, 0.3) is 0 Å². The van der Waals surface area contributed by atoms with Gasteiger partial charge in [-0.1, -0.05) is 81.1 Å². The topological polar surface area (TPSA) is 130 Å². The molecule has 276 valence electrons. The van der Waals surface area contributed by atoms with Crippen LogP contribution in [-0.4, -0.2) is 84.3 Å². The number of ketones is 3. The van der Waals surface area contributed by atoms with Gasteiger partial charge in [0, 0.05) is 75.8 Å². The normalized spacial score (nSPS) is 28.4. The Balaban J connectivity index is 1.38. The molecular formula is C40H66N4O5. The highest BCUT2D eigenvalue weighted by Gasteiger charge is 2.85. The maximum absolute atomic E-state index is 14.9. The van der Waals surface area contributed by atoms with Crippen LogP contribution >= 0.6 is 0 Å². The molecule has 2 aliphatic heterocycles. The molecule has 0 aromatic carbocycles. The van der Waals surface area contributed by atoms with Crippen molar-refractivity contribution in [3.8, 4) is 0 Å². The number of hydrogen-bond donors (Lipinski definition) is 2. The van der Waals surface area contributed by atoms with Crippen LogP contribution in [0.3, 0.4) is 0 Å². The first kappa shape index (κ1) is 38.1. The zero-order valence-electron chi connectivity index (χ0n) is 31.9. The van der Waals surface area contributed by atoms with Crippen LogP contribution in [0.1, 0.15) is 126 Å². The summed E-state index contributed by atoms with van der Waals surface area (Å²) < 4.78 is 0. The van der Waals surface area contributed by atoms with E-state index in [0.717, 1.165) is 71.2 Å². The van der Waals surface area contributed by atoms with Gasteiger partial charge in [-0.25, -0.2) is 0 Å². The molecular weight excluding hydrogens is 616 g/mol. The van der Waals surface area contributed by atoms with Crippen LogP contribution in [0.5, 0.6) is 0 Å². The quantitative estimate of drug-likeness (QED) is 0.242. The van der Waals surface area contributed by atoms with Crippen molar-refractivity contribution in [2.75, 3.05) is 39.3 Å². The van der Waals surface area contributed by atoms with Crippen LogP contribution in [0.4, 0.5) is 0 Å². The van der Waals surface area contributed by atoms with Gasteiger partial charge in [0.1, 0.15) is 5.78 Å². The molecule has 2 spiro atoms. The average Bonchev–Trinajstić information content (AvgIpc) is 3.19. The molecule has 3 N–H and O–H groups in total. The fourth-order valence-corrected chi connectivity index (χ4v) is 10.5. The van der Waals surface area contributed by atoms with Gasteiger partial charge in [0.05, 0.1) is 6.04 Å². The van der Waals surface area contributed by atoms with Crippen molar-refractivity contribution in [3.63, 3.8) is 0 Å². The molecule has 5 fully saturated rings. The molecule has 0 bridgehead atoms. The highest BCUT2D eigenvalue weighted by molar-refractivity contribution is 6.36. The van der Waals surface area contributed by atoms with Crippen LogP contribution in [-0.2, 0) is 24.0 Å². The van der Waals surface area contributed by atoms with Crippen LogP contribution < -0.4 is 11.1 Å². The van der Waals surface area contributed by atoms with Crippen molar-refractivity contribution in [3.05, 3.63) is 0 Å². The van der Waals surface area contributed by atoms with Gasteiger partial charge < -0.3 is 20.9 Å². The molecule has 0 aromatic rings. The summed E-state index contributed by atoms with van der Waals surface area (Å²) in [5.41, 5.74) is 4.88. The summed E-state index contributed by atoms with van der Waals surface area (Å²) in [6.45, 7) is 22.5. The summed E-state index contributed by atoms with van der Waals surface area (Å²) >= 11 is 0. The summed E-state index contributed by atoms with van der Waals surface area (Å²) in [5, 5.41) is 3.41. The third-order valence-corrected chi connectivity index (χ3v) is 14.5. The fourth-order valence-electron chi connectivity index (χ4n) is 10.5. The Labute approximate surface area is 295 Å². The third-order valence-electron chi connectivity index (χ3n) is 14.5. The number of hydrogen-bond acceptors (Lipinski definition) is 7. The van der Waals surface area contributed by atoms with Gasteiger partial charge in [0.15, 0.2) is 5.78 Å². The number of nitrogens with two attached hydrogens (primary N) is 1. The summed E-state index contributed by atoms with van der Waals surface area (Å²) in [6.07, 6.45) is 8.07. The van der Waals surface area contributed by atoms with Gasteiger partial charge in [-0.3, -0.25) is 24.0 Å². The number of carbonyl (C=O) groups excluding carboxylic acids is 5. The van der Waals surface area contributed by atoms with E-state index in [-0.39, 0.29) is 57.9 Å². The minimum Gasteiger partial charge on any atom is -0.363 e. The molecule has 9 nitrogen and oxygen atoms in total. The number of nitrogens with zero attached hydrogens (tertiary/aromatic N) is 2. The van der Waals surface area contributed by atoms with Crippen molar-refractivity contribution >= 4 is 29.2 Å². The number of rotatable bonds is 14. The van der Waals surface area contributed by atoms with E-state index in [1.807, 2.05) is 25.7 Å². The molecule has 3 saturated carbocycles. The van der Waals surface area contributed by atoms with E-state index in [4.69, 9.17) is 5.73 Å². The minimum atomic E-state index is -0.985. The largest absolute Gasteiger partial charge is 0.363 e. The monoisotopic (exact) mass is 683 g/mol. The second-order valence-corrected chi connectivity index (χ2v) is 19.4. The number of Topliss-reactive ketones (excluding diaryl/α,β-unsaturated/α-hetero) is 3. The summed E-state index contributed by atoms with van der Waals surface area (Å²) in [5.74, 6) is -2.60. The molecule has 2 saturated heterocycles. The number of piperazine rings is 1.